The third kappa shape index (κ3) is 2.27. The van der Waals surface area contributed by atoms with Gasteiger partial charge < -0.3 is 14.9 Å². The molecule has 6 heteroatoms. The number of imidazole rings is 1. The van der Waals surface area contributed by atoms with Crippen molar-refractivity contribution >= 4 is 5.97 Å². The average Bonchev–Trinajstić information content (AvgIpc) is 2.72. The summed E-state index contributed by atoms with van der Waals surface area (Å²) < 4.78 is 6.88. The van der Waals surface area contributed by atoms with Crippen LogP contribution < -0.4 is 4.74 Å². The maximum atomic E-state index is 10.9. The summed E-state index contributed by atoms with van der Waals surface area (Å²) in [4.78, 5) is 14.9. The molecule has 1 heterocycles. The molecular weight excluding hydrogens is 236 g/mol. The Morgan fingerprint density at radius 2 is 2.28 bits per heavy atom. The lowest BCUT2D eigenvalue weighted by atomic mass is 10.3. The minimum absolute atomic E-state index is 0.0626. The van der Waals surface area contributed by atoms with Gasteiger partial charge in [0.1, 0.15) is 17.2 Å². The topological polar surface area (TPSA) is 84.6 Å². The van der Waals surface area contributed by atoms with Crippen LogP contribution >= 0.6 is 0 Å². The number of hydrogen-bond acceptors (Lipinski definition) is 4. The van der Waals surface area contributed by atoms with E-state index in [9.17, 15) is 9.90 Å². The minimum Gasteiger partial charge on any atom is -0.508 e. The predicted octanol–water partition coefficient (Wildman–Crippen LogP) is 2.10. The van der Waals surface area contributed by atoms with Crippen LogP contribution in [0.15, 0.2) is 30.5 Å². The fourth-order valence-electron chi connectivity index (χ4n) is 1.57. The van der Waals surface area contributed by atoms with Gasteiger partial charge in [0.25, 0.3) is 0 Å². The van der Waals surface area contributed by atoms with Crippen LogP contribution in [0, 0.1) is 0 Å². The summed E-state index contributed by atoms with van der Waals surface area (Å²) in [6.45, 7) is 2.22. The third-order valence-corrected chi connectivity index (χ3v) is 2.38. The molecule has 0 fully saturated rings. The number of ether oxygens (including phenoxy) is 1. The highest BCUT2D eigenvalue weighted by molar-refractivity contribution is 5.85. The molecule has 94 valence electrons. The molecule has 0 atom stereocenters. The van der Waals surface area contributed by atoms with Gasteiger partial charge in [-0.3, -0.25) is 4.57 Å². The molecule has 0 saturated carbocycles. The highest BCUT2D eigenvalue weighted by Crippen LogP contribution is 2.24. The van der Waals surface area contributed by atoms with Crippen LogP contribution in [0.1, 0.15) is 17.4 Å². The van der Waals surface area contributed by atoms with Crippen molar-refractivity contribution in [2.24, 2.45) is 0 Å². The number of hydrogen-bond donors (Lipinski definition) is 2. The number of benzene rings is 1. The van der Waals surface area contributed by atoms with E-state index in [1.807, 2.05) is 0 Å². The van der Waals surface area contributed by atoms with Crippen LogP contribution in [-0.2, 0) is 6.54 Å². The highest BCUT2D eigenvalue weighted by Gasteiger charge is 2.15. The SMILES string of the molecule is CCn1c(C(=O)O)cnc1Oc1cccc(O)c1. The number of phenols is 1. The van der Waals surface area contributed by atoms with Gasteiger partial charge in [0.2, 0.25) is 0 Å². The predicted molar refractivity (Wildman–Crippen MR) is 63.0 cm³/mol. The summed E-state index contributed by atoms with van der Waals surface area (Å²) in [5.41, 5.74) is 0.0626. The van der Waals surface area contributed by atoms with Crippen molar-refractivity contribution in [3.8, 4) is 17.5 Å². The lowest BCUT2D eigenvalue weighted by molar-refractivity contribution is 0.0684. The maximum absolute atomic E-state index is 10.9. The summed E-state index contributed by atoms with van der Waals surface area (Å²) in [5, 5.41) is 18.3. The van der Waals surface area contributed by atoms with Gasteiger partial charge in [0.05, 0.1) is 6.20 Å². The van der Waals surface area contributed by atoms with Gasteiger partial charge in [0, 0.05) is 12.6 Å². The Hall–Kier alpha value is -2.50. The van der Waals surface area contributed by atoms with E-state index in [0.717, 1.165) is 0 Å². The first-order valence-corrected chi connectivity index (χ1v) is 5.37. The second kappa shape index (κ2) is 4.79. The fraction of sp³-hybridized carbons (Fsp3) is 0.167. The van der Waals surface area contributed by atoms with Gasteiger partial charge in [0.15, 0.2) is 0 Å². The number of nitrogens with zero attached hydrogens (tertiary/aromatic N) is 2. The molecule has 0 saturated heterocycles. The molecule has 0 radical (unpaired) electrons. The van der Waals surface area contributed by atoms with Crippen molar-refractivity contribution < 1.29 is 19.7 Å². The van der Waals surface area contributed by atoms with Crippen molar-refractivity contribution in [2.45, 2.75) is 13.5 Å². The van der Waals surface area contributed by atoms with Crippen LogP contribution in [0.4, 0.5) is 0 Å². The van der Waals surface area contributed by atoms with Crippen LogP contribution in [-0.4, -0.2) is 25.7 Å². The number of carboxylic acids is 1. The Labute approximate surface area is 103 Å². The Morgan fingerprint density at radius 1 is 1.50 bits per heavy atom. The Kier molecular flexibility index (Phi) is 3.18. The second-order valence-corrected chi connectivity index (χ2v) is 3.57. The van der Waals surface area contributed by atoms with Crippen molar-refractivity contribution in [1.82, 2.24) is 9.55 Å². The monoisotopic (exact) mass is 248 g/mol. The van der Waals surface area contributed by atoms with Gasteiger partial charge in [-0.05, 0) is 19.1 Å². The summed E-state index contributed by atoms with van der Waals surface area (Å²) in [5.74, 6) is -0.595. The molecule has 6 nitrogen and oxygen atoms in total. The third-order valence-electron chi connectivity index (χ3n) is 2.38. The quantitative estimate of drug-likeness (QED) is 0.865. The standard InChI is InChI=1S/C12H12N2O4/c1-2-14-10(11(16)17)7-13-12(14)18-9-5-3-4-8(15)6-9/h3-7,15H,2H2,1H3,(H,16,17). The van der Waals surface area contributed by atoms with Crippen LogP contribution in [0.2, 0.25) is 0 Å². The van der Waals surface area contributed by atoms with Gasteiger partial charge in [-0.25, -0.2) is 9.78 Å². The fourth-order valence-corrected chi connectivity index (χ4v) is 1.57. The van der Waals surface area contributed by atoms with Crippen LogP contribution in [0.3, 0.4) is 0 Å². The molecule has 2 rings (SSSR count). The van der Waals surface area contributed by atoms with Gasteiger partial charge in [-0.1, -0.05) is 6.07 Å². The Morgan fingerprint density at radius 3 is 2.89 bits per heavy atom. The molecule has 0 aliphatic carbocycles. The van der Waals surface area contributed by atoms with Crippen molar-refractivity contribution in [1.29, 1.82) is 0 Å². The number of aromatic nitrogens is 2. The van der Waals surface area contributed by atoms with Crippen molar-refractivity contribution in [3.05, 3.63) is 36.2 Å². The number of phenolic OH excluding ortho intramolecular Hbond substituents is 1. The van der Waals surface area contributed by atoms with E-state index in [4.69, 9.17) is 9.84 Å². The van der Waals surface area contributed by atoms with Gasteiger partial charge in [-0.2, -0.15) is 0 Å². The number of rotatable bonds is 4. The largest absolute Gasteiger partial charge is 0.508 e. The summed E-state index contributed by atoms with van der Waals surface area (Å²) in [7, 11) is 0. The number of carbonyl (C=O) groups is 1. The first-order chi connectivity index (χ1) is 8.61. The molecule has 0 spiro atoms. The summed E-state index contributed by atoms with van der Waals surface area (Å²) in [6.07, 6.45) is 1.24. The Balaban J connectivity index is 2.32. The molecule has 2 aromatic rings. The zero-order valence-corrected chi connectivity index (χ0v) is 9.70. The van der Waals surface area contributed by atoms with E-state index in [2.05, 4.69) is 4.98 Å². The molecule has 18 heavy (non-hydrogen) atoms. The first kappa shape index (κ1) is 12.0. The zero-order valence-electron chi connectivity index (χ0n) is 9.70. The van der Waals surface area contributed by atoms with E-state index in [0.29, 0.717) is 12.3 Å². The normalized spacial score (nSPS) is 10.3. The maximum Gasteiger partial charge on any atom is 0.354 e. The number of aromatic hydroxyl groups is 1. The lowest BCUT2D eigenvalue weighted by Gasteiger charge is -2.08. The lowest BCUT2D eigenvalue weighted by Crippen LogP contribution is -2.08. The van der Waals surface area contributed by atoms with Crippen LogP contribution in [0.5, 0.6) is 17.5 Å². The first-order valence-electron chi connectivity index (χ1n) is 5.37. The molecular formula is C12H12N2O4. The van der Waals surface area contributed by atoms with E-state index in [-0.39, 0.29) is 17.5 Å². The van der Waals surface area contributed by atoms with Crippen molar-refractivity contribution in [2.75, 3.05) is 0 Å². The van der Waals surface area contributed by atoms with Gasteiger partial charge >= 0.3 is 12.0 Å². The molecule has 0 bridgehead atoms. The number of aromatic carboxylic acids is 1. The minimum atomic E-state index is -1.06. The molecule has 0 aliphatic heterocycles. The summed E-state index contributed by atoms with van der Waals surface area (Å²) in [6, 6.07) is 6.40. The molecule has 2 N–H and O–H groups in total. The van der Waals surface area contributed by atoms with E-state index < -0.39 is 5.97 Å². The molecule has 0 aliphatic rings. The molecule has 0 amide bonds. The number of carboxylic acid groups (broad SMARTS) is 1. The average molecular weight is 248 g/mol. The van der Waals surface area contributed by atoms with Gasteiger partial charge in [-0.15, -0.1) is 0 Å². The van der Waals surface area contributed by atoms with E-state index in [1.54, 1.807) is 19.1 Å². The van der Waals surface area contributed by atoms with E-state index >= 15 is 0 Å². The van der Waals surface area contributed by atoms with Crippen LogP contribution in [0.25, 0.3) is 0 Å². The summed E-state index contributed by atoms with van der Waals surface area (Å²) >= 11 is 0. The second-order valence-electron chi connectivity index (χ2n) is 3.57. The molecule has 1 aromatic heterocycles. The highest BCUT2D eigenvalue weighted by atomic mass is 16.5. The smallest absolute Gasteiger partial charge is 0.354 e. The Bertz CT molecular complexity index is 577. The zero-order chi connectivity index (χ0) is 13.1. The molecule has 0 unspecified atom stereocenters. The van der Waals surface area contributed by atoms with Crippen molar-refractivity contribution in [3.63, 3.8) is 0 Å². The van der Waals surface area contributed by atoms with E-state index in [1.165, 1.54) is 22.9 Å². The molecule has 1 aromatic carbocycles.